The fraction of sp³-hybridized carbons (Fsp3) is 0.348. The quantitative estimate of drug-likeness (QED) is 0.299. The van der Waals surface area contributed by atoms with E-state index in [0.29, 0.717) is 6.54 Å². The van der Waals surface area contributed by atoms with Crippen molar-refractivity contribution in [3.63, 3.8) is 0 Å². The lowest BCUT2D eigenvalue weighted by Crippen LogP contribution is -2.52. The number of aliphatic imine (C=N–C) groups is 1. The summed E-state index contributed by atoms with van der Waals surface area (Å²) in [5.74, 6) is 1.76. The van der Waals surface area contributed by atoms with Gasteiger partial charge in [-0.05, 0) is 43.2 Å². The number of aryl methyl sites for hydroxylation is 1. The molecule has 0 radical (unpaired) electrons. The number of H-pyrrole nitrogens is 1. The second-order valence-electron chi connectivity index (χ2n) is 7.52. The summed E-state index contributed by atoms with van der Waals surface area (Å²) in [5, 5.41) is 10.3. The number of guanidine groups is 1. The molecule has 1 saturated heterocycles. The van der Waals surface area contributed by atoms with E-state index in [1.54, 1.807) is 0 Å². The topological polar surface area (TPSA) is 72.4 Å². The maximum Gasteiger partial charge on any atom is 0.194 e. The van der Waals surface area contributed by atoms with Crippen molar-refractivity contribution in [2.45, 2.75) is 20.4 Å². The molecule has 31 heavy (non-hydrogen) atoms. The van der Waals surface area contributed by atoms with Crippen molar-refractivity contribution in [1.82, 2.24) is 25.4 Å². The van der Waals surface area contributed by atoms with Crippen molar-refractivity contribution in [2.75, 3.05) is 37.6 Å². The summed E-state index contributed by atoms with van der Waals surface area (Å²) >= 11 is 0. The minimum absolute atomic E-state index is 0. The van der Waals surface area contributed by atoms with Crippen LogP contribution >= 0.6 is 24.0 Å². The number of benzene rings is 2. The number of rotatable bonds is 5. The van der Waals surface area contributed by atoms with Gasteiger partial charge in [0.2, 0.25) is 0 Å². The summed E-state index contributed by atoms with van der Waals surface area (Å²) in [6, 6.07) is 17.0. The Balaban J connectivity index is 0.00000272. The summed E-state index contributed by atoms with van der Waals surface area (Å²) in [5.41, 5.74) is 4.79. The molecule has 1 aromatic heterocycles. The zero-order chi connectivity index (χ0) is 20.8. The number of hydrogen-bond acceptors (Lipinski definition) is 4. The van der Waals surface area contributed by atoms with Crippen molar-refractivity contribution in [1.29, 1.82) is 0 Å². The monoisotopic (exact) mass is 531 g/mol. The van der Waals surface area contributed by atoms with E-state index in [-0.39, 0.29) is 24.0 Å². The molecule has 2 heterocycles. The average Bonchev–Trinajstić information content (AvgIpc) is 3.32. The van der Waals surface area contributed by atoms with Gasteiger partial charge < -0.3 is 15.1 Å². The van der Waals surface area contributed by atoms with Gasteiger partial charge in [-0.25, -0.2) is 9.98 Å². The van der Waals surface area contributed by atoms with E-state index in [1.165, 1.54) is 17.6 Å². The second-order valence-corrected chi connectivity index (χ2v) is 7.52. The van der Waals surface area contributed by atoms with Gasteiger partial charge in [0.05, 0.1) is 6.54 Å². The Kier molecular flexibility index (Phi) is 8.27. The largest absolute Gasteiger partial charge is 0.368 e. The number of aromatic nitrogens is 3. The van der Waals surface area contributed by atoms with Gasteiger partial charge in [0.25, 0.3) is 0 Å². The van der Waals surface area contributed by atoms with Gasteiger partial charge in [-0.1, -0.05) is 30.3 Å². The first-order valence-electron chi connectivity index (χ1n) is 10.5. The van der Waals surface area contributed by atoms with Crippen LogP contribution in [0.2, 0.25) is 0 Å². The third-order valence-corrected chi connectivity index (χ3v) is 5.31. The molecule has 2 aromatic carbocycles. The molecule has 7 nitrogen and oxygen atoms in total. The SMILES string of the molecule is CCNC(=NCc1cccc(-c2ncn[nH]2)c1)N1CCN(c2cccc(C)c2)CC1.I. The molecule has 164 valence electrons. The number of halogens is 1. The number of anilines is 1. The minimum Gasteiger partial charge on any atom is -0.368 e. The van der Waals surface area contributed by atoms with Crippen LogP contribution in [0.15, 0.2) is 59.9 Å². The maximum absolute atomic E-state index is 4.91. The van der Waals surface area contributed by atoms with Gasteiger partial charge in [-0.3, -0.25) is 5.10 Å². The molecule has 0 aliphatic carbocycles. The molecule has 1 aliphatic heterocycles. The lowest BCUT2D eigenvalue weighted by atomic mass is 10.1. The summed E-state index contributed by atoms with van der Waals surface area (Å²) < 4.78 is 0. The van der Waals surface area contributed by atoms with Gasteiger partial charge in [-0.2, -0.15) is 5.10 Å². The third-order valence-electron chi connectivity index (χ3n) is 5.31. The summed E-state index contributed by atoms with van der Waals surface area (Å²) in [4.78, 5) is 14.0. The second kappa shape index (κ2) is 11.1. The molecule has 0 atom stereocenters. The molecule has 0 bridgehead atoms. The summed E-state index contributed by atoms with van der Waals surface area (Å²) in [6.07, 6.45) is 1.53. The van der Waals surface area contributed by atoms with E-state index in [0.717, 1.165) is 55.6 Å². The van der Waals surface area contributed by atoms with Crippen LogP contribution < -0.4 is 10.2 Å². The van der Waals surface area contributed by atoms with Crippen LogP contribution in [0.5, 0.6) is 0 Å². The first kappa shape index (κ1) is 23.1. The van der Waals surface area contributed by atoms with E-state index in [1.807, 2.05) is 12.1 Å². The predicted octanol–water partition coefficient (Wildman–Crippen LogP) is 3.69. The van der Waals surface area contributed by atoms with Gasteiger partial charge in [0.1, 0.15) is 6.33 Å². The van der Waals surface area contributed by atoms with Crippen molar-refractivity contribution < 1.29 is 0 Å². The van der Waals surface area contributed by atoms with Crippen LogP contribution in [0.3, 0.4) is 0 Å². The number of nitrogens with zero attached hydrogens (tertiary/aromatic N) is 5. The summed E-state index contributed by atoms with van der Waals surface area (Å²) in [6.45, 7) is 9.65. The van der Waals surface area contributed by atoms with Crippen molar-refractivity contribution >= 4 is 35.6 Å². The zero-order valence-electron chi connectivity index (χ0n) is 18.1. The van der Waals surface area contributed by atoms with Gasteiger partial charge in [-0.15, -0.1) is 24.0 Å². The Bertz CT molecular complexity index is 979. The number of nitrogens with one attached hydrogen (secondary N) is 2. The summed E-state index contributed by atoms with van der Waals surface area (Å²) in [7, 11) is 0. The molecule has 0 spiro atoms. The van der Waals surface area contributed by atoms with E-state index >= 15 is 0 Å². The van der Waals surface area contributed by atoms with E-state index in [9.17, 15) is 0 Å². The van der Waals surface area contributed by atoms with E-state index in [2.05, 4.69) is 80.5 Å². The number of piperazine rings is 1. The Morgan fingerprint density at radius 2 is 1.90 bits per heavy atom. The predicted molar refractivity (Wildman–Crippen MR) is 137 cm³/mol. The fourth-order valence-electron chi connectivity index (χ4n) is 3.75. The zero-order valence-corrected chi connectivity index (χ0v) is 20.4. The van der Waals surface area contributed by atoms with Crippen LogP contribution in [-0.2, 0) is 6.54 Å². The van der Waals surface area contributed by atoms with E-state index < -0.39 is 0 Å². The van der Waals surface area contributed by atoms with Gasteiger partial charge in [0.15, 0.2) is 11.8 Å². The van der Waals surface area contributed by atoms with Gasteiger partial charge >= 0.3 is 0 Å². The van der Waals surface area contributed by atoms with Crippen LogP contribution in [0.1, 0.15) is 18.1 Å². The van der Waals surface area contributed by atoms with Crippen molar-refractivity contribution in [2.24, 2.45) is 4.99 Å². The van der Waals surface area contributed by atoms with Crippen molar-refractivity contribution in [3.8, 4) is 11.4 Å². The molecule has 0 saturated carbocycles. The molecule has 4 rings (SSSR count). The van der Waals surface area contributed by atoms with E-state index in [4.69, 9.17) is 4.99 Å². The number of hydrogen-bond donors (Lipinski definition) is 2. The lowest BCUT2D eigenvalue weighted by Gasteiger charge is -2.37. The van der Waals surface area contributed by atoms with Crippen LogP contribution in [-0.4, -0.2) is 58.8 Å². The molecule has 1 fully saturated rings. The molecule has 2 N–H and O–H groups in total. The third kappa shape index (κ3) is 5.96. The molecular formula is C23H30IN7. The molecule has 0 amide bonds. The highest BCUT2D eigenvalue weighted by Crippen LogP contribution is 2.19. The fourth-order valence-corrected chi connectivity index (χ4v) is 3.75. The Morgan fingerprint density at radius 3 is 2.61 bits per heavy atom. The first-order chi connectivity index (χ1) is 14.7. The average molecular weight is 531 g/mol. The molecule has 1 aliphatic rings. The smallest absolute Gasteiger partial charge is 0.194 e. The minimum atomic E-state index is 0. The normalized spacial score (nSPS) is 14.3. The molecule has 8 heteroatoms. The maximum atomic E-state index is 4.91. The van der Waals surface area contributed by atoms with Gasteiger partial charge in [0, 0.05) is 44.0 Å². The highest BCUT2D eigenvalue weighted by atomic mass is 127. The molecule has 3 aromatic rings. The lowest BCUT2D eigenvalue weighted by molar-refractivity contribution is 0.372. The Labute approximate surface area is 201 Å². The highest BCUT2D eigenvalue weighted by molar-refractivity contribution is 14.0. The highest BCUT2D eigenvalue weighted by Gasteiger charge is 2.19. The Hall–Kier alpha value is -2.62. The molecular weight excluding hydrogens is 501 g/mol. The Morgan fingerprint density at radius 1 is 1.10 bits per heavy atom. The van der Waals surface area contributed by atoms with Crippen molar-refractivity contribution in [3.05, 3.63) is 66.0 Å². The number of aromatic amines is 1. The van der Waals surface area contributed by atoms with Crippen LogP contribution in [0, 0.1) is 6.92 Å². The standard InChI is InChI=1S/C23H29N7.HI/c1-3-24-23(25-16-19-7-5-8-20(15-19)22-26-17-27-28-22)30-12-10-29(11-13-30)21-9-4-6-18(2)14-21;/h4-9,14-15,17H,3,10-13,16H2,1-2H3,(H,24,25)(H,26,27,28);1H. The molecule has 0 unspecified atom stereocenters. The van der Waals surface area contributed by atoms with Crippen LogP contribution in [0.25, 0.3) is 11.4 Å². The van der Waals surface area contributed by atoms with Crippen LogP contribution in [0.4, 0.5) is 5.69 Å². The first-order valence-corrected chi connectivity index (χ1v) is 10.5.